The van der Waals surface area contributed by atoms with Crippen LogP contribution in [-0.2, 0) is 19.1 Å². The normalized spacial score (nSPS) is 22.9. The van der Waals surface area contributed by atoms with Gasteiger partial charge >= 0.3 is 0 Å². The van der Waals surface area contributed by atoms with Gasteiger partial charge in [0.25, 0.3) is 11.8 Å². The molecule has 0 saturated carbocycles. The van der Waals surface area contributed by atoms with E-state index in [-0.39, 0.29) is 24.5 Å². The maximum atomic E-state index is 12.4. The third-order valence-corrected chi connectivity index (χ3v) is 4.52. The van der Waals surface area contributed by atoms with Gasteiger partial charge in [0.1, 0.15) is 11.9 Å². The Morgan fingerprint density at radius 2 is 2.00 bits per heavy atom. The molecule has 2 amide bonds. The highest BCUT2D eigenvalue weighted by Crippen LogP contribution is 2.26. The van der Waals surface area contributed by atoms with Crippen LogP contribution in [0.25, 0.3) is 0 Å². The van der Waals surface area contributed by atoms with Crippen molar-refractivity contribution >= 4 is 17.5 Å². The Hall–Kier alpha value is -2.16. The van der Waals surface area contributed by atoms with Gasteiger partial charge in [0.05, 0.1) is 25.0 Å². The number of amides is 2. The SMILES string of the molecule is NC[C@H]1CC[C@@H](C(=O)Nc2ccccc2OCC(=O)N2CCOCC2)O1. The second-order valence-electron chi connectivity index (χ2n) is 6.33. The van der Waals surface area contributed by atoms with E-state index in [9.17, 15) is 9.59 Å². The summed E-state index contributed by atoms with van der Waals surface area (Å²) in [5, 5.41) is 2.83. The summed E-state index contributed by atoms with van der Waals surface area (Å²) in [4.78, 5) is 26.3. The van der Waals surface area contributed by atoms with Crippen molar-refractivity contribution in [3.63, 3.8) is 0 Å². The molecule has 2 aliphatic rings. The highest BCUT2D eigenvalue weighted by molar-refractivity contribution is 5.95. The highest BCUT2D eigenvalue weighted by atomic mass is 16.5. The first-order valence-corrected chi connectivity index (χ1v) is 8.91. The molecule has 1 aromatic rings. The van der Waals surface area contributed by atoms with Gasteiger partial charge in [-0.1, -0.05) is 12.1 Å². The van der Waals surface area contributed by atoms with Crippen molar-refractivity contribution in [2.75, 3.05) is 44.8 Å². The molecule has 2 aliphatic heterocycles. The number of morpholine rings is 1. The van der Waals surface area contributed by atoms with Crippen molar-refractivity contribution in [1.29, 1.82) is 0 Å². The highest BCUT2D eigenvalue weighted by Gasteiger charge is 2.30. The van der Waals surface area contributed by atoms with Crippen LogP contribution in [0.4, 0.5) is 5.69 Å². The number of carbonyl (C=O) groups excluding carboxylic acids is 2. The molecule has 2 saturated heterocycles. The minimum absolute atomic E-state index is 0.0663. The van der Waals surface area contributed by atoms with E-state index in [4.69, 9.17) is 19.9 Å². The Morgan fingerprint density at radius 3 is 2.73 bits per heavy atom. The maximum Gasteiger partial charge on any atom is 0.260 e. The van der Waals surface area contributed by atoms with E-state index >= 15 is 0 Å². The van der Waals surface area contributed by atoms with E-state index < -0.39 is 6.10 Å². The van der Waals surface area contributed by atoms with E-state index in [0.29, 0.717) is 50.7 Å². The first kappa shape index (κ1) is 18.6. The molecule has 3 rings (SSSR count). The summed E-state index contributed by atoms with van der Waals surface area (Å²) in [6, 6.07) is 7.05. The Bertz CT molecular complexity index is 633. The smallest absolute Gasteiger partial charge is 0.260 e. The van der Waals surface area contributed by atoms with Crippen LogP contribution in [0.15, 0.2) is 24.3 Å². The monoisotopic (exact) mass is 363 g/mol. The zero-order chi connectivity index (χ0) is 18.4. The predicted molar refractivity (Wildman–Crippen MR) is 94.9 cm³/mol. The van der Waals surface area contributed by atoms with E-state index in [1.54, 1.807) is 29.2 Å². The third kappa shape index (κ3) is 4.72. The van der Waals surface area contributed by atoms with Gasteiger partial charge in [-0.25, -0.2) is 0 Å². The summed E-state index contributed by atoms with van der Waals surface area (Å²) in [6.45, 7) is 2.56. The molecule has 0 unspecified atom stereocenters. The lowest BCUT2D eigenvalue weighted by Gasteiger charge is -2.26. The topological polar surface area (TPSA) is 103 Å². The number of nitrogens with two attached hydrogens (primary N) is 1. The van der Waals surface area contributed by atoms with Crippen molar-refractivity contribution in [2.24, 2.45) is 5.73 Å². The number of para-hydroxylation sites is 2. The minimum atomic E-state index is -0.508. The standard InChI is InChI=1S/C18H25N3O5/c19-11-13-5-6-16(26-13)18(23)20-14-3-1-2-4-15(14)25-12-17(22)21-7-9-24-10-8-21/h1-4,13,16H,5-12,19H2,(H,20,23)/t13-,16+/m1/s1. The summed E-state index contributed by atoms with van der Waals surface area (Å²) in [5.41, 5.74) is 6.10. The van der Waals surface area contributed by atoms with Gasteiger partial charge in [-0.2, -0.15) is 0 Å². The fourth-order valence-electron chi connectivity index (χ4n) is 3.02. The lowest BCUT2D eigenvalue weighted by Crippen LogP contribution is -2.43. The van der Waals surface area contributed by atoms with Crippen molar-refractivity contribution < 1.29 is 23.8 Å². The molecule has 2 heterocycles. The lowest BCUT2D eigenvalue weighted by molar-refractivity contribution is -0.137. The summed E-state index contributed by atoms with van der Waals surface area (Å²) >= 11 is 0. The maximum absolute atomic E-state index is 12.4. The van der Waals surface area contributed by atoms with Crippen molar-refractivity contribution in [1.82, 2.24) is 4.90 Å². The molecule has 1 aromatic carbocycles. The van der Waals surface area contributed by atoms with Crippen LogP contribution in [0.3, 0.4) is 0 Å². The molecular weight excluding hydrogens is 338 g/mol. The van der Waals surface area contributed by atoms with Gasteiger partial charge in [0, 0.05) is 19.6 Å². The van der Waals surface area contributed by atoms with Crippen LogP contribution in [0.2, 0.25) is 0 Å². The summed E-state index contributed by atoms with van der Waals surface area (Å²) in [6.07, 6.45) is 0.850. The molecule has 8 heteroatoms. The van der Waals surface area contributed by atoms with Crippen LogP contribution in [0.1, 0.15) is 12.8 Å². The molecule has 2 fully saturated rings. The third-order valence-electron chi connectivity index (χ3n) is 4.52. The quantitative estimate of drug-likeness (QED) is 0.757. The van der Waals surface area contributed by atoms with Crippen LogP contribution < -0.4 is 15.8 Å². The van der Waals surface area contributed by atoms with Crippen LogP contribution in [0.5, 0.6) is 5.75 Å². The summed E-state index contributed by atoms with van der Waals surface area (Å²) < 4.78 is 16.5. The molecular formula is C18H25N3O5. The molecule has 2 atom stereocenters. The molecule has 0 aromatic heterocycles. The minimum Gasteiger partial charge on any atom is -0.482 e. The average Bonchev–Trinajstić information content (AvgIpc) is 3.17. The Morgan fingerprint density at radius 1 is 1.23 bits per heavy atom. The van der Waals surface area contributed by atoms with Crippen molar-refractivity contribution in [3.8, 4) is 5.75 Å². The van der Waals surface area contributed by atoms with Crippen LogP contribution >= 0.6 is 0 Å². The Balaban J connectivity index is 1.55. The number of ether oxygens (including phenoxy) is 3. The number of carbonyl (C=O) groups is 2. The molecule has 142 valence electrons. The van der Waals surface area contributed by atoms with Gasteiger partial charge in [0.15, 0.2) is 6.61 Å². The lowest BCUT2D eigenvalue weighted by atomic mass is 10.2. The Labute approximate surface area is 152 Å². The van der Waals surface area contributed by atoms with Crippen LogP contribution in [-0.4, -0.2) is 68.4 Å². The van der Waals surface area contributed by atoms with E-state index in [1.165, 1.54) is 0 Å². The first-order chi connectivity index (χ1) is 12.7. The molecule has 0 spiro atoms. The zero-order valence-corrected chi connectivity index (χ0v) is 14.7. The number of nitrogens with one attached hydrogen (secondary N) is 1. The average molecular weight is 363 g/mol. The summed E-state index contributed by atoms with van der Waals surface area (Å²) in [7, 11) is 0. The van der Waals surface area contributed by atoms with Gasteiger partial charge in [-0.15, -0.1) is 0 Å². The number of anilines is 1. The largest absolute Gasteiger partial charge is 0.482 e. The molecule has 3 N–H and O–H groups in total. The van der Waals surface area contributed by atoms with Gasteiger partial charge in [-0.3, -0.25) is 9.59 Å². The fourth-order valence-corrected chi connectivity index (χ4v) is 3.02. The van der Waals surface area contributed by atoms with Gasteiger partial charge < -0.3 is 30.2 Å². The second-order valence-corrected chi connectivity index (χ2v) is 6.33. The summed E-state index contributed by atoms with van der Waals surface area (Å²) in [5.74, 6) is 0.131. The molecule has 0 aliphatic carbocycles. The van der Waals surface area contributed by atoms with Crippen molar-refractivity contribution in [2.45, 2.75) is 25.0 Å². The molecule has 0 bridgehead atoms. The second kappa shape index (κ2) is 8.98. The fraction of sp³-hybridized carbons (Fsp3) is 0.556. The van der Waals surface area contributed by atoms with Crippen molar-refractivity contribution in [3.05, 3.63) is 24.3 Å². The molecule has 0 radical (unpaired) electrons. The predicted octanol–water partition coefficient (Wildman–Crippen LogP) is 0.369. The zero-order valence-electron chi connectivity index (χ0n) is 14.7. The van der Waals surface area contributed by atoms with E-state index in [1.807, 2.05) is 0 Å². The number of rotatable bonds is 6. The van der Waals surface area contributed by atoms with Gasteiger partial charge in [-0.05, 0) is 25.0 Å². The van der Waals surface area contributed by atoms with Gasteiger partial charge in [0.2, 0.25) is 0 Å². The van der Waals surface area contributed by atoms with Crippen LogP contribution in [0, 0.1) is 0 Å². The number of nitrogens with zero attached hydrogens (tertiary/aromatic N) is 1. The van der Waals surface area contributed by atoms with E-state index in [0.717, 1.165) is 6.42 Å². The van der Waals surface area contributed by atoms with E-state index in [2.05, 4.69) is 5.32 Å². The molecule has 8 nitrogen and oxygen atoms in total. The molecule has 26 heavy (non-hydrogen) atoms. The number of benzene rings is 1. The number of hydrogen-bond donors (Lipinski definition) is 2. The Kier molecular flexibility index (Phi) is 6.43. The first-order valence-electron chi connectivity index (χ1n) is 8.91. The number of hydrogen-bond acceptors (Lipinski definition) is 6.